The number of rotatable bonds is 9. The van der Waals surface area contributed by atoms with Crippen LogP contribution in [-0.2, 0) is 14.3 Å². The van der Waals surface area contributed by atoms with Crippen LogP contribution in [0.1, 0.15) is 61.3 Å². The lowest BCUT2D eigenvalue weighted by Crippen LogP contribution is -2.51. The largest absolute Gasteiger partial charge is 0.462 e. The summed E-state index contributed by atoms with van der Waals surface area (Å²) in [6, 6.07) is 0.119. The van der Waals surface area contributed by atoms with Gasteiger partial charge in [0.1, 0.15) is 0 Å². The average molecular weight is 311 g/mol. The summed E-state index contributed by atoms with van der Waals surface area (Å²) >= 11 is 0. The molecule has 0 fully saturated rings. The summed E-state index contributed by atoms with van der Waals surface area (Å²) in [6.45, 7) is 18.6. The summed E-state index contributed by atoms with van der Waals surface area (Å²) in [6.07, 6.45) is 1.64. The molecular weight excluding hydrogens is 278 g/mol. The minimum atomic E-state index is -0.353. The molecule has 0 spiro atoms. The predicted octanol–water partition coefficient (Wildman–Crippen LogP) is 3.81. The number of hydrogen-bond donors (Lipinski definition) is 0. The fourth-order valence-electron chi connectivity index (χ4n) is 3.10. The SMILES string of the molecule is C=C(C)C(=O)OCCC(C)(C)C(C(C)C)N(CCC)C(C)=O. The molecule has 0 bridgehead atoms. The van der Waals surface area contributed by atoms with Crippen molar-refractivity contribution in [3.63, 3.8) is 0 Å². The van der Waals surface area contributed by atoms with Crippen molar-refractivity contribution in [3.05, 3.63) is 12.2 Å². The Balaban J connectivity index is 5.00. The second kappa shape index (κ2) is 8.96. The van der Waals surface area contributed by atoms with Crippen LogP contribution in [0.5, 0.6) is 0 Å². The van der Waals surface area contributed by atoms with E-state index in [2.05, 4.69) is 41.2 Å². The number of ether oxygens (including phenoxy) is 1. The molecule has 1 amide bonds. The van der Waals surface area contributed by atoms with Crippen LogP contribution in [-0.4, -0.2) is 36.0 Å². The molecule has 0 radical (unpaired) electrons. The monoisotopic (exact) mass is 311 g/mol. The first-order valence-corrected chi connectivity index (χ1v) is 8.14. The molecule has 0 saturated carbocycles. The molecule has 0 heterocycles. The molecule has 0 aromatic carbocycles. The Morgan fingerprint density at radius 3 is 2.14 bits per heavy atom. The van der Waals surface area contributed by atoms with Gasteiger partial charge in [-0.3, -0.25) is 4.79 Å². The van der Waals surface area contributed by atoms with E-state index in [1.165, 1.54) is 0 Å². The average Bonchev–Trinajstić information content (AvgIpc) is 2.36. The van der Waals surface area contributed by atoms with Crippen LogP contribution < -0.4 is 0 Å². The van der Waals surface area contributed by atoms with E-state index in [0.29, 0.717) is 24.5 Å². The quantitative estimate of drug-likeness (QED) is 0.480. The van der Waals surface area contributed by atoms with Gasteiger partial charge in [-0.25, -0.2) is 4.79 Å². The lowest BCUT2D eigenvalue weighted by molar-refractivity contribution is -0.142. The smallest absolute Gasteiger partial charge is 0.333 e. The van der Waals surface area contributed by atoms with Gasteiger partial charge in [0.25, 0.3) is 0 Å². The summed E-state index contributed by atoms with van der Waals surface area (Å²) in [7, 11) is 0. The molecule has 22 heavy (non-hydrogen) atoms. The maximum atomic E-state index is 12.0. The molecule has 0 aliphatic rings. The molecule has 0 aromatic heterocycles. The zero-order valence-corrected chi connectivity index (χ0v) is 15.4. The van der Waals surface area contributed by atoms with E-state index in [1.807, 2.05) is 4.90 Å². The summed E-state index contributed by atoms with van der Waals surface area (Å²) in [5, 5.41) is 0. The molecular formula is C18H33NO3. The van der Waals surface area contributed by atoms with Gasteiger partial charge in [-0.2, -0.15) is 0 Å². The molecule has 0 rings (SSSR count). The molecule has 4 heteroatoms. The number of carbonyl (C=O) groups excluding carboxylic acids is 2. The van der Waals surface area contributed by atoms with Gasteiger partial charge in [-0.15, -0.1) is 0 Å². The highest BCUT2D eigenvalue weighted by atomic mass is 16.5. The third-order valence-corrected chi connectivity index (χ3v) is 3.96. The van der Waals surface area contributed by atoms with E-state index in [0.717, 1.165) is 13.0 Å². The zero-order valence-electron chi connectivity index (χ0n) is 15.4. The molecule has 1 atom stereocenters. The van der Waals surface area contributed by atoms with E-state index in [4.69, 9.17) is 4.74 Å². The predicted molar refractivity (Wildman–Crippen MR) is 90.5 cm³/mol. The Morgan fingerprint density at radius 1 is 1.23 bits per heavy atom. The first kappa shape index (κ1) is 20.7. The van der Waals surface area contributed by atoms with Gasteiger partial charge in [-0.05, 0) is 31.1 Å². The Kier molecular flexibility index (Phi) is 8.43. The number of carbonyl (C=O) groups is 2. The molecule has 4 nitrogen and oxygen atoms in total. The van der Waals surface area contributed by atoms with Crippen molar-refractivity contribution in [2.24, 2.45) is 11.3 Å². The zero-order chi connectivity index (χ0) is 17.5. The second-order valence-electron chi connectivity index (χ2n) is 7.06. The molecule has 0 aliphatic carbocycles. The van der Waals surface area contributed by atoms with E-state index >= 15 is 0 Å². The highest BCUT2D eigenvalue weighted by molar-refractivity contribution is 5.86. The Bertz CT molecular complexity index is 399. The lowest BCUT2D eigenvalue weighted by atomic mass is 9.75. The maximum Gasteiger partial charge on any atom is 0.333 e. The molecule has 0 aliphatic heterocycles. The number of hydrogen-bond acceptors (Lipinski definition) is 3. The summed E-state index contributed by atoms with van der Waals surface area (Å²) < 4.78 is 5.23. The minimum absolute atomic E-state index is 0.104. The van der Waals surface area contributed by atoms with Crippen LogP contribution in [0.2, 0.25) is 0 Å². The highest BCUT2D eigenvalue weighted by Crippen LogP contribution is 2.34. The van der Waals surface area contributed by atoms with E-state index < -0.39 is 0 Å². The van der Waals surface area contributed by atoms with E-state index in [-0.39, 0.29) is 23.3 Å². The van der Waals surface area contributed by atoms with Gasteiger partial charge < -0.3 is 9.64 Å². The van der Waals surface area contributed by atoms with Gasteiger partial charge in [0.2, 0.25) is 5.91 Å². The molecule has 0 aromatic rings. The van der Waals surface area contributed by atoms with Crippen molar-refractivity contribution in [2.45, 2.75) is 67.3 Å². The van der Waals surface area contributed by atoms with Crippen LogP contribution in [0.15, 0.2) is 12.2 Å². The third-order valence-electron chi connectivity index (χ3n) is 3.96. The third kappa shape index (κ3) is 6.20. The number of amides is 1. The standard InChI is InChI=1S/C18H33NO3/c1-9-11-19(15(6)20)16(13(2)3)18(7,8)10-12-22-17(21)14(4)5/h13,16H,4,9-12H2,1-3,5-8H3. The fourth-order valence-corrected chi connectivity index (χ4v) is 3.10. The van der Waals surface area contributed by atoms with Gasteiger partial charge in [-0.1, -0.05) is 41.2 Å². The first-order valence-electron chi connectivity index (χ1n) is 8.14. The van der Waals surface area contributed by atoms with E-state index in [1.54, 1.807) is 13.8 Å². The first-order chi connectivity index (χ1) is 10.0. The summed E-state index contributed by atoms with van der Waals surface area (Å²) in [5.74, 6) is 0.0868. The van der Waals surface area contributed by atoms with Crippen LogP contribution in [0.3, 0.4) is 0 Å². The molecule has 128 valence electrons. The second-order valence-corrected chi connectivity index (χ2v) is 7.06. The van der Waals surface area contributed by atoms with Crippen LogP contribution in [0, 0.1) is 11.3 Å². The normalized spacial score (nSPS) is 12.9. The number of nitrogens with zero attached hydrogens (tertiary/aromatic N) is 1. The van der Waals surface area contributed by atoms with Crippen molar-refractivity contribution in [1.82, 2.24) is 4.90 Å². The van der Waals surface area contributed by atoms with Crippen LogP contribution >= 0.6 is 0 Å². The fraction of sp³-hybridized carbons (Fsp3) is 0.778. The van der Waals surface area contributed by atoms with Gasteiger partial charge >= 0.3 is 5.97 Å². The highest BCUT2D eigenvalue weighted by Gasteiger charge is 2.37. The molecule has 0 saturated heterocycles. The topological polar surface area (TPSA) is 46.6 Å². The Labute approximate surface area is 135 Å². The van der Waals surface area contributed by atoms with Crippen molar-refractivity contribution < 1.29 is 14.3 Å². The van der Waals surface area contributed by atoms with Crippen molar-refractivity contribution >= 4 is 11.9 Å². The van der Waals surface area contributed by atoms with Gasteiger partial charge in [0.05, 0.1) is 6.61 Å². The summed E-state index contributed by atoms with van der Waals surface area (Å²) in [4.78, 5) is 25.5. The molecule has 0 N–H and O–H groups in total. The van der Waals surface area contributed by atoms with Gasteiger partial charge in [0.15, 0.2) is 0 Å². The van der Waals surface area contributed by atoms with Crippen molar-refractivity contribution in [2.75, 3.05) is 13.2 Å². The summed E-state index contributed by atoms with van der Waals surface area (Å²) in [5.41, 5.74) is 0.277. The van der Waals surface area contributed by atoms with Crippen molar-refractivity contribution in [3.8, 4) is 0 Å². The number of esters is 1. The van der Waals surface area contributed by atoms with Crippen molar-refractivity contribution in [1.29, 1.82) is 0 Å². The van der Waals surface area contributed by atoms with E-state index in [9.17, 15) is 9.59 Å². The maximum absolute atomic E-state index is 12.0. The van der Waals surface area contributed by atoms with Gasteiger partial charge in [0, 0.05) is 25.1 Å². The Morgan fingerprint density at radius 2 is 1.77 bits per heavy atom. The minimum Gasteiger partial charge on any atom is -0.462 e. The Hall–Kier alpha value is -1.32. The van der Waals surface area contributed by atoms with Crippen LogP contribution in [0.25, 0.3) is 0 Å². The van der Waals surface area contributed by atoms with Crippen LogP contribution in [0.4, 0.5) is 0 Å². The molecule has 1 unspecified atom stereocenters. The lowest BCUT2D eigenvalue weighted by Gasteiger charge is -2.44.